The Kier molecular flexibility index (Phi) is 5.14. The summed E-state index contributed by atoms with van der Waals surface area (Å²) in [5.74, 6) is -0.334. The van der Waals surface area contributed by atoms with Gasteiger partial charge in [-0.25, -0.2) is 0 Å². The molecule has 2 nitrogen and oxygen atoms in total. The number of ether oxygens (including phenoxy) is 1. The molecule has 0 aliphatic rings. The Hall–Kier alpha value is -0.880. The maximum atomic E-state index is 11.8. The fraction of sp³-hybridized carbons (Fsp3) is 0.364. The van der Waals surface area contributed by atoms with Gasteiger partial charge in [-0.3, -0.25) is 4.79 Å². The van der Waals surface area contributed by atoms with Gasteiger partial charge >= 0.3 is 6.18 Å². The number of carbonyl (C=O) groups is 1. The Morgan fingerprint density at radius 1 is 1.24 bits per heavy atom. The molecule has 0 aliphatic carbocycles. The van der Waals surface area contributed by atoms with Crippen LogP contribution in [0.15, 0.2) is 28.7 Å². The summed E-state index contributed by atoms with van der Waals surface area (Å²) in [7, 11) is 0. The maximum absolute atomic E-state index is 11.8. The predicted octanol–water partition coefficient (Wildman–Crippen LogP) is 3.60. The zero-order valence-electron chi connectivity index (χ0n) is 8.76. The lowest BCUT2D eigenvalue weighted by Gasteiger charge is -2.06. The molecule has 0 unspecified atom stereocenters. The van der Waals surface area contributed by atoms with Crippen molar-refractivity contribution in [2.45, 2.75) is 12.6 Å². The van der Waals surface area contributed by atoms with Crippen molar-refractivity contribution < 1.29 is 22.7 Å². The number of ketones is 1. The second-order valence-electron chi connectivity index (χ2n) is 3.35. The molecule has 0 fully saturated rings. The first kappa shape index (κ1) is 14.2. The topological polar surface area (TPSA) is 26.3 Å². The Bertz CT molecular complexity index is 373. The highest BCUT2D eigenvalue weighted by atomic mass is 79.9. The van der Waals surface area contributed by atoms with Crippen molar-refractivity contribution in [3.05, 3.63) is 34.3 Å². The van der Waals surface area contributed by atoms with E-state index in [9.17, 15) is 18.0 Å². The van der Waals surface area contributed by atoms with Crippen molar-refractivity contribution in [2.75, 3.05) is 13.2 Å². The molecule has 0 saturated heterocycles. The van der Waals surface area contributed by atoms with Crippen molar-refractivity contribution in [1.82, 2.24) is 0 Å². The summed E-state index contributed by atoms with van der Waals surface area (Å²) in [6.45, 7) is -0.830. The van der Waals surface area contributed by atoms with E-state index in [1.165, 1.54) is 0 Å². The largest absolute Gasteiger partial charge is 0.391 e. The van der Waals surface area contributed by atoms with Crippen LogP contribution in [0.4, 0.5) is 13.2 Å². The van der Waals surface area contributed by atoms with Crippen LogP contribution in [0.2, 0.25) is 0 Å². The lowest BCUT2D eigenvalue weighted by molar-refractivity contribution is -0.144. The summed E-state index contributed by atoms with van der Waals surface area (Å²) in [5, 5.41) is 0. The molecule has 0 aromatic heterocycles. The lowest BCUT2D eigenvalue weighted by Crippen LogP contribution is -2.15. The first-order valence-corrected chi connectivity index (χ1v) is 5.61. The van der Waals surface area contributed by atoms with Crippen LogP contribution in [-0.4, -0.2) is 25.2 Å². The fourth-order valence-corrected chi connectivity index (χ4v) is 1.34. The van der Waals surface area contributed by atoms with E-state index in [0.29, 0.717) is 5.56 Å². The van der Waals surface area contributed by atoms with Gasteiger partial charge in [0.15, 0.2) is 5.78 Å². The van der Waals surface area contributed by atoms with Gasteiger partial charge in [0.2, 0.25) is 0 Å². The van der Waals surface area contributed by atoms with Crippen molar-refractivity contribution in [3.8, 4) is 0 Å². The Labute approximate surface area is 105 Å². The molecule has 0 amide bonds. The van der Waals surface area contributed by atoms with E-state index in [2.05, 4.69) is 20.7 Å². The van der Waals surface area contributed by atoms with Gasteiger partial charge in [0.25, 0.3) is 0 Å². The normalized spacial score (nSPS) is 11.5. The summed E-state index contributed by atoms with van der Waals surface area (Å²) in [6.07, 6.45) is -5.29. The van der Waals surface area contributed by atoms with Crippen LogP contribution in [-0.2, 0) is 4.74 Å². The molecule has 17 heavy (non-hydrogen) atoms. The molecule has 6 heteroatoms. The van der Waals surface area contributed by atoms with Crippen LogP contribution in [0, 0.1) is 0 Å². The van der Waals surface area contributed by atoms with Crippen LogP contribution >= 0.6 is 15.9 Å². The summed E-state index contributed by atoms with van der Waals surface area (Å²) < 4.78 is 40.8. The molecular weight excluding hydrogens is 301 g/mol. The molecule has 0 bridgehead atoms. The molecule has 1 aromatic rings. The van der Waals surface area contributed by atoms with E-state index in [1.807, 2.05) is 0 Å². The van der Waals surface area contributed by atoms with E-state index >= 15 is 0 Å². The van der Waals surface area contributed by atoms with Crippen molar-refractivity contribution >= 4 is 21.7 Å². The Morgan fingerprint density at radius 3 is 2.35 bits per heavy atom. The molecule has 0 spiro atoms. The van der Waals surface area contributed by atoms with Crippen LogP contribution in [0.5, 0.6) is 0 Å². The quantitative estimate of drug-likeness (QED) is 0.613. The summed E-state index contributed by atoms with van der Waals surface area (Å²) >= 11 is 3.21. The molecule has 1 aromatic carbocycles. The Morgan fingerprint density at radius 2 is 1.82 bits per heavy atom. The standard InChI is InChI=1S/C11H10BrF3O2/c12-9-3-1-8(2-4-9)10(16)7-17-6-5-11(13,14)15/h1-4H,5-7H2. The number of halogens is 4. The first-order chi connectivity index (χ1) is 7.88. The predicted molar refractivity (Wildman–Crippen MR) is 60.0 cm³/mol. The number of alkyl halides is 3. The van der Waals surface area contributed by atoms with Gasteiger partial charge in [-0.05, 0) is 12.1 Å². The van der Waals surface area contributed by atoms with E-state index < -0.39 is 19.2 Å². The van der Waals surface area contributed by atoms with Gasteiger partial charge in [-0.15, -0.1) is 0 Å². The van der Waals surface area contributed by atoms with Gasteiger partial charge in [0.05, 0.1) is 13.0 Å². The number of hydrogen-bond donors (Lipinski definition) is 0. The van der Waals surface area contributed by atoms with E-state index in [-0.39, 0.29) is 12.4 Å². The maximum Gasteiger partial charge on any atom is 0.391 e. The zero-order chi connectivity index (χ0) is 12.9. The summed E-state index contributed by atoms with van der Waals surface area (Å²) in [4.78, 5) is 11.5. The Balaban J connectivity index is 2.33. The van der Waals surface area contributed by atoms with Crippen LogP contribution in [0.1, 0.15) is 16.8 Å². The van der Waals surface area contributed by atoms with E-state index in [1.54, 1.807) is 24.3 Å². The van der Waals surface area contributed by atoms with E-state index in [0.717, 1.165) is 4.47 Å². The molecule has 0 heterocycles. The van der Waals surface area contributed by atoms with Gasteiger partial charge in [0.1, 0.15) is 6.61 Å². The molecule has 1 rings (SSSR count). The number of Topliss-reactive ketones (excluding diaryl/α,β-unsaturated/α-hetero) is 1. The summed E-state index contributed by atoms with van der Waals surface area (Å²) in [5.41, 5.74) is 0.417. The molecule has 0 atom stereocenters. The minimum atomic E-state index is -4.25. The average molecular weight is 311 g/mol. The number of carbonyl (C=O) groups excluding carboxylic acids is 1. The second-order valence-corrected chi connectivity index (χ2v) is 4.26. The van der Waals surface area contributed by atoms with Crippen LogP contribution in [0.3, 0.4) is 0 Å². The minimum absolute atomic E-state index is 0.334. The average Bonchev–Trinajstić information content (AvgIpc) is 2.24. The SMILES string of the molecule is O=C(COCCC(F)(F)F)c1ccc(Br)cc1. The van der Waals surface area contributed by atoms with E-state index in [4.69, 9.17) is 0 Å². The van der Waals surface area contributed by atoms with Crippen molar-refractivity contribution in [3.63, 3.8) is 0 Å². The van der Waals surface area contributed by atoms with Crippen molar-refractivity contribution in [2.24, 2.45) is 0 Å². The third-order valence-corrected chi connectivity index (χ3v) is 2.46. The third-order valence-electron chi connectivity index (χ3n) is 1.93. The monoisotopic (exact) mass is 310 g/mol. The highest BCUT2D eigenvalue weighted by Gasteiger charge is 2.26. The first-order valence-electron chi connectivity index (χ1n) is 4.82. The highest BCUT2D eigenvalue weighted by molar-refractivity contribution is 9.10. The molecule has 0 aliphatic heterocycles. The highest BCUT2D eigenvalue weighted by Crippen LogP contribution is 2.19. The molecular formula is C11H10BrF3O2. The molecule has 0 radical (unpaired) electrons. The number of hydrogen-bond acceptors (Lipinski definition) is 2. The van der Waals surface area contributed by atoms with Gasteiger partial charge in [-0.1, -0.05) is 28.1 Å². The second kappa shape index (κ2) is 6.16. The number of rotatable bonds is 5. The third kappa shape index (κ3) is 5.83. The van der Waals surface area contributed by atoms with Gasteiger partial charge in [0, 0.05) is 10.0 Å². The van der Waals surface area contributed by atoms with Gasteiger partial charge < -0.3 is 4.74 Å². The zero-order valence-corrected chi connectivity index (χ0v) is 10.3. The fourth-order valence-electron chi connectivity index (χ4n) is 1.07. The van der Waals surface area contributed by atoms with Crippen LogP contribution in [0.25, 0.3) is 0 Å². The van der Waals surface area contributed by atoms with Crippen molar-refractivity contribution in [1.29, 1.82) is 0 Å². The van der Waals surface area contributed by atoms with Gasteiger partial charge in [-0.2, -0.15) is 13.2 Å². The van der Waals surface area contributed by atoms with Crippen LogP contribution < -0.4 is 0 Å². The lowest BCUT2D eigenvalue weighted by atomic mass is 10.1. The molecule has 94 valence electrons. The molecule has 0 saturated carbocycles. The molecule has 0 N–H and O–H groups in total. The minimum Gasteiger partial charge on any atom is -0.373 e. The number of benzene rings is 1. The summed E-state index contributed by atoms with van der Waals surface area (Å²) in [6, 6.07) is 6.53. The smallest absolute Gasteiger partial charge is 0.373 e.